The highest BCUT2D eigenvalue weighted by Gasteiger charge is 2.41. The molecule has 0 bridgehead atoms. The third-order valence-electron chi connectivity index (χ3n) is 3.98. The minimum absolute atomic E-state index is 0.335. The van der Waals surface area contributed by atoms with Gasteiger partial charge in [-0.1, -0.05) is 18.2 Å². The van der Waals surface area contributed by atoms with Gasteiger partial charge in [0.1, 0.15) is 12.6 Å². The summed E-state index contributed by atoms with van der Waals surface area (Å²) in [5.41, 5.74) is 0.824. The zero-order valence-electron chi connectivity index (χ0n) is 12.6. The number of methoxy groups -OCH3 is 1. The van der Waals surface area contributed by atoms with E-state index >= 15 is 0 Å². The Bertz CT molecular complexity index is 744. The molecule has 2 heterocycles. The number of ether oxygens (including phenoxy) is 1. The summed E-state index contributed by atoms with van der Waals surface area (Å²) in [6, 6.07) is 9.06. The average Bonchev–Trinajstić information content (AvgIpc) is 3.11. The van der Waals surface area contributed by atoms with Crippen LogP contribution in [0.5, 0.6) is 0 Å². The van der Waals surface area contributed by atoms with Crippen LogP contribution in [-0.2, 0) is 16.2 Å². The first kappa shape index (κ1) is 15.8. The normalized spacial score (nSPS) is 23.8. The molecular weight excluding hydrogens is 318 g/mol. The number of para-hydroxylation sites is 1. The van der Waals surface area contributed by atoms with Gasteiger partial charge >= 0.3 is 5.97 Å². The van der Waals surface area contributed by atoms with Gasteiger partial charge in [0.05, 0.1) is 12.8 Å². The zero-order valence-corrected chi connectivity index (χ0v) is 13.4. The van der Waals surface area contributed by atoms with E-state index in [0.717, 1.165) is 10.6 Å². The Labute approximate surface area is 137 Å². The summed E-state index contributed by atoms with van der Waals surface area (Å²) < 4.78 is 8.37. The molecule has 1 aromatic carbocycles. The Morgan fingerprint density at radius 3 is 2.87 bits per heavy atom. The molecule has 3 atom stereocenters. The second-order valence-electron chi connectivity index (χ2n) is 5.49. The number of tetrazole rings is 1. The van der Waals surface area contributed by atoms with Gasteiger partial charge in [0.2, 0.25) is 4.77 Å². The number of carbonyl (C=O) groups is 1. The van der Waals surface area contributed by atoms with Gasteiger partial charge in [-0.05, 0) is 34.8 Å². The number of aliphatic hydroxyl groups is 1. The highest BCUT2D eigenvalue weighted by atomic mass is 32.1. The van der Waals surface area contributed by atoms with Crippen LogP contribution < -0.4 is 4.90 Å². The molecule has 0 saturated carbocycles. The van der Waals surface area contributed by atoms with E-state index in [2.05, 4.69) is 10.4 Å². The predicted octanol–water partition coefficient (Wildman–Crippen LogP) is -1.05. The van der Waals surface area contributed by atoms with Crippen molar-refractivity contribution >= 4 is 18.2 Å². The van der Waals surface area contributed by atoms with Crippen molar-refractivity contribution < 1.29 is 19.5 Å². The Morgan fingerprint density at radius 2 is 2.17 bits per heavy atom. The fourth-order valence-corrected chi connectivity index (χ4v) is 3.09. The number of nitrogens with one attached hydrogen (secondary N) is 1. The lowest BCUT2D eigenvalue weighted by molar-refractivity contribution is -0.928. The number of nitrogens with zero attached hydrogens (tertiary/aromatic N) is 4. The van der Waals surface area contributed by atoms with Crippen LogP contribution in [0.15, 0.2) is 30.3 Å². The summed E-state index contributed by atoms with van der Waals surface area (Å²) >= 11 is 5.41. The molecule has 0 amide bonds. The fraction of sp³-hybridized carbons (Fsp3) is 0.429. The molecule has 1 unspecified atom stereocenters. The van der Waals surface area contributed by atoms with Crippen LogP contribution in [0.3, 0.4) is 0 Å². The lowest BCUT2D eigenvalue weighted by atomic mass is 10.2. The highest BCUT2D eigenvalue weighted by Crippen LogP contribution is 2.06. The molecule has 1 aromatic heterocycles. The fourth-order valence-electron chi connectivity index (χ4n) is 2.84. The summed E-state index contributed by atoms with van der Waals surface area (Å²) in [4.78, 5) is 12.7. The third kappa shape index (κ3) is 3.16. The van der Waals surface area contributed by atoms with E-state index in [1.165, 1.54) is 7.11 Å². The lowest BCUT2D eigenvalue weighted by Gasteiger charge is -2.18. The Kier molecular flexibility index (Phi) is 4.51. The van der Waals surface area contributed by atoms with Crippen molar-refractivity contribution in [3.05, 3.63) is 35.1 Å². The molecule has 0 spiro atoms. The largest absolute Gasteiger partial charge is 0.465 e. The van der Waals surface area contributed by atoms with Gasteiger partial charge in [0.25, 0.3) is 0 Å². The van der Waals surface area contributed by atoms with E-state index in [9.17, 15) is 9.90 Å². The maximum Gasteiger partial charge on any atom is 0.364 e. The second-order valence-corrected chi connectivity index (χ2v) is 5.86. The molecule has 1 saturated heterocycles. The van der Waals surface area contributed by atoms with Crippen LogP contribution in [0, 0.1) is 4.77 Å². The van der Waals surface area contributed by atoms with Crippen LogP contribution in [-0.4, -0.2) is 56.7 Å². The molecule has 1 aliphatic rings. The third-order valence-corrected chi connectivity index (χ3v) is 4.36. The quantitative estimate of drug-likeness (QED) is 0.547. The minimum Gasteiger partial charge on any atom is -0.465 e. The average molecular weight is 336 g/mol. The van der Waals surface area contributed by atoms with E-state index < -0.39 is 12.1 Å². The van der Waals surface area contributed by atoms with E-state index in [0.29, 0.717) is 24.4 Å². The van der Waals surface area contributed by atoms with Gasteiger partial charge in [-0.25, -0.2) is 4.79 Å². The number of hydrogen-bond acceptors (Lipinski definition) is 6. The first-order chi connectivity index (χ1) is 11.1. The minimum atomic E-state index is -0.535. The molecule has 2 N–H and O–H groups in total. The first-order valence-corrected chi connectivity index (χ1v) is 7.69. The van der Waals surface area contributed by atoms with Crippen molar-refractivity contribution in [3.8, 4) is 5.69 Å². The smallest absolute Gasteiger partial charge is 0.364 e. The summed E-state index contributed by atoms with van der Waals surface area (Å²) in [5, 5.41) is 18.0. The summed E-state index contributed by atoms with van der Waals surface area (Å²) in [5.74, 6) is -0.335. The standard InChI is InChI=1S/C14H17N5O3S/c1-22-13(21)12-7-11(20)8-17(12)9-18-14(23)19(16-15-18)10-5-3-2-4-6-10/h2-6,11-12,20H,7-9H2,1H3/p+1/t11-,12+/m1/s1. The van der Waals surface area contributed by atoms with Crippen LogP contribution in [0.25, 0.3) is 5.69 Å². The molecule has 1 fully saturated rings. The zero-order chi connectivity index (χ0) is 16.4. The number of quaternary nitrogens is 1. The van der Waals surface area contributed by atoms with Gasteiger partial charge in [0, 0.05) is 6.42 Å². The van der Waals surface area contributed by atoms with Crippen molar-refractivity contribution in [2.24, 2.45) is 0 Å². The summed E-state index contributed by atoms with van der Waals surface area (Å²) in [6.07, 6.45) is -0.158. The summed E-state index contributed by atoms with van der Waals surface area (Å²) in [6.45, 7) is 0.794. The topological polar surface area (TPSA) is 86.6 Å². The van der Waals surface area contributed by atoms with Crippen molar-refractivity contribution in [2.45, 2.75) is 25.2 Å². The predicted molar refractivity (Wildman–Crippen MR) is 82.4 cm³/mol. The van der Waals surface area contributed by atoms with Crippen LogP contribution in [0.2, 0.25) is 0 Å². The molecule has 1 aliphatic heterocycles. The lowest BCUT2D eigenvalue weighted by Crippen LogP contribution is -3.14. The molecule has 3 rings (SSSR count). The molecule has 9 heteroatoms. The number of aromatic nitrogens is 4. The van der Waals surface area contributed by atoms with Crippen molar-refractivity contribution in [1.29, 1.82) is 0 Å². The summed E-state index contributed by atoms with van der Waals surface area (Å²) in [7, 11) is 1.35. The van der Waals surface area contributed by atoms with Crippen molar-refractivity contribution in [1.82, 2.24) is 19.8 Å². The molecule has 0 radical (unpaired) electrons. The highest BCUT2D eigenvalue weighted by molar-refractivity contribution is 7.71. The number of carbonyl (C=O) groups excluding carboxylic acids is 1. The van der Waals surface area contributed by atoms with Gasteiger partial charge in [-0.15, -0.1) is 0 Å². The number of aliphatic hydroxyl groups excluding tert-OH is 1. The van der Waals surface area contributed by atoms with E-state index in [4.69, 9.17) is 17.0 Å². The second kappa shape index (κ2) is 6.57. The molecular formula is C14H18N5O3S+. The number of esters is 1. The Balaban J connectivity index is 1.82. The number of hydrogen-bond donors (Lipinski definition) is 2. The number of likely N-dealkylation sites (tertiary alicyclic amines) is 1. The Hall–Kier alpha value is -2.10. The van der Waals surface area contributed by atoms with Gasteiger partial charge in [-0.2, -0.15) is 9.36 Å². The molecule has 122 valence electrons. The van der Waals surface area contributed by atoms with Crippen molar-refractivity contribution in [3.63, 3.8) is 0 Å². The van der Waals surface area contributed by atoms with Gasteiger partial charge in [0.15, 0.2) is 12.7 Å². The van der Waals surface area contributed by atoms with E-state index in [1.807, 2.05) is 30.3 Å². The van der Waals surface area contributed by atoms with Crippen LogP contribution in [0.4, 0.5) is 0 Å². The monoisotopic (exact) mass is 336 g/mol. The molecule has 0 aliphatic carbocycles. The van der Waals surface area contributed by atoms with E-state index in [1.54, 1.807) is 9.36 Å². The van der Waals surface area contributed by atoms with Crippen LogP contribution in [0.1, 0.15) is 6.42 Å². The maximum absolute atomic E-state index is 11.8. The molecule has 2 aromatic rings. The maximum atomic E-state index is 11.8. The molecule has 23 heavy (non-hydrogen) atoms. The van der Waals surface area contributed by atoms with Crippen LogP contribution >= 0.6 is 12.2 Å². The molecule has 8 nitrogen and oxygen atoms in total. The SMILES string of the molecule is COC(=O)[C@@H]1C[C@@H](O)C[NH+]1Cn1nnn(-c2ccccc2)c1=S. The van der Waals surface area contributed by atoms with E-state index in [-0.39, 0.29) is 5.97 Å². The van der Waals surface area contributed by atoms with Crippen molar-refractivity contribution in [2.75, 3.05) is 13.7 Å². The number of benzene rings is 1. The Morgan fingerprint density at radius 1 is 1.43 bits per heavy atom. The number of rotatable bonds is 4. The first-order valence-electron chi connectivity index (χ1n) is 7.29. The van der Waals surface area contributed by atoms with Gasteiger partial charge in [-0.3, -0.25) is 0 Å². The van der Waals surface area contributed by atoms with Gasteiger partial charge < -0.3 is 14.7 Å².